The molecule has 1 aromatic heterocycles. The minimum atomic E-state index is -0.0514. The summed E-state index contributed by atoms with van der Waals surface area (Å²) in [5, 5.41) is 8.20. The van der Waals surface area contributed by atoms with Gasteiger partial charge in [0.1, 0.15) is 6.33 Å². The van der Waals surface area contributed by atoms with Gasteiger partial charge in [-0.3, -0.25) is 0 Å². The fraction of sp³-hybridized carbons (Fsp3) is 0.667. The van der Waals surface area contributed by atoms with Crippen molar-refractivity contribution < 1.29 is 0 Å². The van der Waals surface area contributed by atoms with Crippen LogP contribution in [0.3, 0.4) is 0 Å². The Kier molecular flexibility index (Phi) is 2.58. The standard InChI is InChI=1S/C6H13N5S/c1-6(2,3-7)12-5-10-9-4-11(5)8/h4H,3,7-8H2,1-2H3. The summed E-state index contributed by atoms with van der Waals surface area (Å²) in [6.07, 6.45) is 1.47. The highest BCUT2D eigenvalue weighted by molar-refractivity contribution is 8.00. The monoisotopic (exact) mass is 187 g/mol. The zero-order valence-electron chi connectivity index (χ0n) is 7.19. The largest absolute Gasteiger partial charge is 0.336 e. The van der Waals surface area contributed by atoms with E-state index < -0.39 is 0 Å². The Labute approximate surface area is 75.5 Å². The van der Waals surface area contributed by atoms with Gasteiger partial charge in [0.15, 0.2) is 0 Å². The maximum absolute atomic E-state index is 5.55. The Morgan fingerprint density at radius 2 is 2.33 bits per heavy atom. The molecule has 0 spiro atoms. The van der Waals surface area contributed by atoms with Gasteiger partial charge in [-0.15, -0.1) is 10.2 Å². The predicted octanol–water partition coefficient (Wildman–Crippen LogP) is -0.179. The Hall–Kier alpha value is -0.750. The number of rotatable bonds is 3. The van der Waals surface area contributed by atoms with E-state index in [1.165, 1.54) is 22.8 Å². The predicted molar refractivity (Wildman–Crippen MR) is 49.2 cm³/mol. The lowest BCUT2D eigenvalue weighted by atomic mass is 10.2. The van der Waals surface area contributed by atoms with Crippen LogP contribution in [0, 0.1) is 0 Å². The molecular weight excluding hydrogens is 174 g/mol. The van der Waals surface area contributed by atoms with Crippen molar-refractivity contribution in [1.29, 1.82) is 0 Å². The van der Waals surface area contributed by atoms with Crippen LogP contribution in [0.5, 0.6) is 0 Å². The average Bonchev–Trinajstić information content (AvgIpc) is 2.36. The smallest absolute Gasteiger partial charge is 0.210 e. The zero-order valence-corrected chi connectivity index (χ0v) is 8.01. The number of nitrogens with zero attached hydrogens (tertiary/aromatic N) is 3. The van der Waals surface area contributed by atoms with Crippen molar-refractivity contribution in [1.82, 2.24) is 14.9 Å². The lowest BCUT2D eigenvalue weighted by molar-refractivity contribution is 0.711. The molecular formula is C6H13N5S. The molecule has 0 saturated heterocycles. The first kappa shape index (κ1) is 9.34. The van der Waals surface area contributed by atoms with Crippen LogP contribution in [0.15, 0.2) is 11.5 Å². The highest BCUT2D eigenvalue weighted by Crippen LogP contribution is 2.28. The quantitative estimate of drug-likeness (QED) is 0.506. The zero-order chi connectivity index (χ0) is 9.19. The minimum Gasteiger partial charge on any atom is -0.336 e. The second kappa shape index (κ2) is 3.32. The van der Waals surface area contributed by atoms with E-state index in [1.807, 2.05) is 13.8 Å². The minimum absolute atomic E-state index is 0.0514. The molecule has 6 heteroatoms. The number of nitrogen functional groups attached to an aromatic ring is 1. The van der Waals surface area contributed by atoms with Crippen molar-refractivity contribution in [3.63, 3.8) is 0 Å². The Balaban J connectivity index is 2.70. The summed E-state index contributed by atoms with van der Waals surface area (Å²) in [6.45, 7) is 4.64. The Morgan fingerprint density at radius 1 is 1.67 bits per heavy atom. The van der Waals surface area contributed by atoms with E-state index in [9.17, 15) is 0 Å². The number of aromatic nitrogens is 3. The first-order valence-electron chi connectivity index (χ1n) is 3.59. The molecule has 0 aromatic carbocycles. The molecule has 0 atom stereocenters. The van der Waals surface area contributed by atoms with Crippen LogP contribution >= 0.6 is 11.8 Å². The summed E-state index contributed by atoms with van der Waals surface area (Å²) in [4.78, 5) is 0. The summed E-state index contributed by atoms with van der Waals surface area (Å²) in [5.41, 5.74) is 5.55. The van der Waals surface area contributed by atoms with Gasteiger partial charge < -0.3 is 11.6 Å². The SMILES string of the molecule is CC(C)(CN)Sc1nncn1N. The van der Waals surface area contributed by atoms with E-state index in [1.54, 1.807) is 0 Å². The van der Waals surface area contributed by atoms with Crippen LogP contribution in [0.4, 0.5) is 0 Å². The van der Waals surface area contributed by atoms with Crippen molar-refractivity contribution in [2.75, 3.05) is 12.4 Å². The third-order valence-electron chi connectivity index (χ3n) is 1.40. The molecule has 4 N–H and O–H groups in total. The number of nitrogens with two attached hydrogens (primary N) is 2. The van der Waals surface area contributed by atoms with E-state index in [0.717, 1.165) is 0 Å². The molecule has 0 aliphatic rings. The summed E-state index contributed by atoms with van der Waals surface area (Å²) >= 11 is 1.52. The van der Waals surface area contributed by atoms with Crippen LogP contribution in [0.25, 0.3) is 0 Å². The lowest BCUT2D eigenvalue weighted by Crippen LogP contribution is -2.27. The Morgan fingerprint density at radius 3 is 2.75 bits per heavy atom. The van der Waals surface area contributed by atoms with Crippen molar-refractivity contribution >= 4 is 11.8 Å². The topological polar surface area (TPSA) is 82.8 Å². The number of hydrogen-bond donors (Lipinski definition) is 2. The molecule has 0 fully saturated rings. The van der Waals surface area contributed by atoms with Gasteiger partial charge in [-0.1, -0.05) is 11.8 Å². The molecule has 0 aliphatic heterocycles. The van der Waals surface area contributed by atoms with E-state index >= 15 is 0 Å². The fourth-order valence-electron chi connectivity index (χ4n) is 0.594. The lowest BCUT2D eigenvalue weighted by Gasteiger charge is -2.19. The van der Waals surface area contributed by atoms with E-state index in [2.05, 4.69) is 10.2 Å². The summed E-state index contributed by atoms with van der Waals surface area (Å²) in [5.74, 6) is 5.53. The third kappa shape index (κ3) is 2.12. The van der Waals surface area contributed by atoms with Crippen molar-refractivity contribution in [3.8, 4) is 0 Å². The van der Waals surface area contributed by atoms with Gasteiger partial charge in [0.2, 0.25) is 5.16 Å². The molecule has 0 aliphatic carbocycles. The average molecular weight is 187 g/mol. The maximum atomic E-state index is 5.55. The van der Waals surface area contributed by atoms with Crippen molar-refractivity contribution in [2.45, 2.75) is 23.8 Å². The second-order valence-electron chi connectivity index (χ2n) is 3.09. The van der Waals surface area contributed by atoms with Gasteiger partial charge in [0, 0.05) is 11.3 Å². The van der Waals surface area contributed by atoms with Crippen molar-refractivity contribution in [3.05, 3.63) is 6.33 Å². The molecule has 5 nitrogen and oxygen atoms in total. The first-order valence-corrected chi connectivity index (χ1v) is 4.41. The van der Waals surface area contributed by atoms with Gasteiger partial charge in [-0.2, -0.15) is 0 Å². The summed E-state index contributed by atoms with van der Waals surface area (Å²) in [6, 6.07) is 0. The maximum Gasteiger partial charge on any atom is 0.210 e. The highest BCUT2D eigenvalue weighted by atomic mass is 32.2. The van der Waals surface area contributed by atoms with E-state index in [0.29, 0.717) is 11.7 Å². The third-order valence-corrected chi connectivity index (χ3v) is 2.59. The fourth-order valence-corrected chi connectivity index (χ4v) is 1.41. The molecule has 0 amide bonds. The normalized spacial score (nSPS) is 11.9. The molecule has 1 rings (SSSR count). The van der Waals surface area contributed by atoms with Crippen molar-refractivity contribution in [2.24, 2.45) is 5.73 Å². The van der Waals surface area contributed by atoms with Crippen LogP contribution in [-0.4, -0.2) is 26.2 Å². The summed E-state index contributed by atoms with van der Waals surface area (Å²) < 4.78 is 1.34. The van der Waals surface area contributed by atoms with Crippen LogP contribution in [0.2, 0.25) is 0 Å². The second-order valence-corrected chi connectivity index (χ2v) is 4.76. The molecule has 0 bridgehead atoms. The van der Waals surface area contributed by atoms with Crippen LogP contribution < -0.4 is 11.6 Å². The molecule has 12 heavy (non-hydrogen) atoms. The van der Waals surface area contributed by atoms with Gasteiger partial charge in [-0.05, 0) is 13.8 Å². The van der Waals surface area contributed by atoms with E-state index in [4.69, 9.17) is 11.6 Å². The van der Waals surface area contributed by atoms with Gasteiger partial charge in [0.25, 0.3) is 0 Å². The van der Waals surface area contributed by atoms with Crippen LogP contribution in [0.1, 0.15) is 13.8 Å². The molecule has 0 saturated carbocycles. The number of thioether (sulfide) groups is 1. The molecule has 0 radical (unpaired) electrons. The number of hydrogen-bond acceptors (Lipinski definition) is 5. The molecule has 68 valence electrons. The highest BCUT2D eigenvalue weighted by Gasteiger charge is 2.20. The molecule has 0 unspecified atom stereocenters. The van der Waals surface area contributed by atoms with Gasteiger partial charge in [0.05, 0.1) is 0 Å². The van der Waals surface area contributed by atoms with Crippen LogP contribution in [-0.2, 0) is 0 Å². The molecule has 1 heterocycles. The first-order chi connectivity index (χ1) is 5.55. The summed E-state index contributed by atoms with van der Waals surface area (Å²) in [7, 11) is 0. The van der Waals surface area contributed by atoms with Gasteiger partial charge in [-0.25, -0.2) is 4.68 Å². The van der Waals surface area contributed by atoms with Gasteiger partial charge >= 0.3 is 0 Å². The molecule has 1 aromatic rings. The Bertz CT molecular complexity index is 256. The van der Waals surface area contributed by atoms with E-state index in [-0.39, 0.29) is 4.75 Å².